The smallest absolute Gasteiger partial charge is 0.336 e. The molecule has 0 fully saturated rings. The fraction of sp³-hybridized carbons (Fsp3) is 0.278. The van der Waals surface area contributed by atoms with E-state index in [-0.39, 0.29) is 11.4 Å². The minimum Gasteiger partial charge on any atom is -0.508 e. The Morgan fingerprint density at radius 2 is 2.04 bits per heavy atom. The van der Waals surface area contributed by atoms with Crippen molar-refractivity contribution in [3.8, 4) is 5.75 Å². The lowest BCUT2D eigenvalue weighted by molar-refractivity contribution is 0.322. The highest BCUT2D eigenvalue weighted by molar-refractivity contribution is 7.09. The van der Waals surface area contributed by atoms with Crippen molar-refractivity contribution in [3.63, 3.8) is 0 Å². The summed E-state index contributed by atoms with van der Waals surface area (Å²) >= 11 is 1.72. The first kappa shape index (κ1) is 15.8. The first-order valence-corrected chi connectivity index (χ1v) is 8.44. The van der Waals surface area contributed by atoms with Crippen LogP contribution in [0.5, 0.6) is 5.75 Å². The van der Waals surface area contributed by atoms with Gasteiger partial charge in [0.1, 0.15) is 11.3 Å². The van der Waals surface area contributed by atoms with Gasteiger partial charge in [-0.25, -0.2) is 4.79 Å². The molecule has 0 saturated carbocycles. The van der Waals surface area contributed by atoms with Gasteiger partial charge < -0.3 is 9.52 Å². The molecule has 0 saturated heterocycles. The third-order valence-electron chi connectivity index (χ3n) is 3.86. The monoisotopic (exact) mass is 329 g/mol. The highest BCUT2D eigenvalue weighted by atomic mass is 32.1. The number of hydrogen-bond acceptors (Lipinski definition) is 5. The van der Waals surface area contributed by atoms with E-state index in [9.17, 15) is 9.90 Å². The molecule has 0 spiro atoms. The minimum atomic E-state index is -0.388. The Labute approximate surface area is 138 Å². The molecule has 0 aliphatic heterocycles. The zero-order valence-corrected chi connectivity index (χ0v) is 14.0. The van der Waals surface area contributed by atoms with Crippen LogP contribution in [-0.2, 0) is 19.5 Å². The van der Waals surface area contributed by atoms with E-state index in [1.807, 2.05) is 26.1 Å². The molecule has 0 radical (unpaired) electrons. The number of benzene rings is 1. The third kappa shape index (κ3) is 3.46. The maximum atomic E-state index is 11.8. The van der Waals surface area contributed by atoms with Crippen molar-refractivity contribution >= 4 is 22.3 Å². The van der Waals surface area contributed by atoms with E-state index in [1.165, 1.54) is 4.88 Å². The maximum Gasteiger partial charge on any atom is 0.336 e. The summed E-state index contributed by atoms with van der Waals surface area (Å²) in [7, 11) is 2.03. The summed E-state index contributed by atoms with van der Waals surface area (Å²) in [6, 6.07) is 9.15. The van der Waals surface area contributed by atoms with Crippen LogP contribution in [0.3, 0.4) is 0 Å². The Balaban J connectivity index is 1.97. The fourth-order valence-electron chi connectivity index (χ4n) is 2.74. The molecule has 3 rings (SSSR count). The van der Waals surface area contributed by atoms with Crippen LogP contribution in [0.25, 0.3) is 11.0 Å². The molecule has 1 N–H and O–H groups in total. The number of fused-ring (bicyclic) bond motifs is 1. The molecule has 3 aromatic rings. The predicted molar refractivity (Wildman–Crippen MR) is 93.0 cm³/mol. The molecule has 5 heteroatoms. The average Bonchev–Trinajstić information content (AvgIpc) is 2.99. The number of nitrogens with zero attached hydrogens (tertiary/aromatic N) is 1. The van der Waals surface area contributed by atoms with Crippen LogP contribution in [-0.4, -0.2) is 17.1 Å². The van der Waals surface area contributed by atoms with Gasteiger partial charge in [0.25, 0.3) is 0 Å². The Morgan fingerprint density at radius 3 is 2.74 bits per heavy atom. The maximum absolute atomic E-state index is 11.8. The second kappa shape index (κ2) is 6.56. The predicted octanol–water partition coefficient (Wildman–Crippen LogP) is 3.75. The summed E-state index contributed by atoms with van der Waals surface area (Å²) < 4.78 is 5.24. The number of aryl methyl sites for hydroxylation is 1. The highest BCUT2D eigenvalue weighted by Crippen LogP contribution is 2.27. The van der Waals surface area contributed by atoms with Crippen LogP contribution in [0, 0.1) is 0 Å². The molecule has 0 amide bonds. The number of aromatic hydroxyl groups is 1. The molecular formula is C18H19NO3S. The summed E-state index contributed by atoms with van der Waals surface area (Å²) in [6.07, 6.45) is 0.728. The average molecular weight is 329 g/mol. The number of phenolic OH excluding ortho intramolecular Hbond substituents is 1. The lowest BCUT2D eigenvalue weighted by Gasteiger charge is -2.17. The summed E-state index contributed by atoms with van der Waals surface area (Å²) in [6.45, 7) is 3.47. The number of rotatable bonds is 5. The molecule has 120 valence electrons. The van der Waals surface area contributed by atoms with Gasteiger partial charge in [0.05, 0.1) is 0 Å². The van der Waals surface area contributed by atoms with Gasteiger partial charge in [-0.3, -0.25) is 4.90 Å². The van der Waals surface area contributed by atoms with Gasteiger partial charge in [0.15, 0.2) is 0 Å². The molecule has 2 heterocycles. The van der Waals surface area contributed by atoms with Gasteiger partial charge in [0, 0.05) is 35.5 Å². The van der Waals surface area contributed by atoms with Crippen molar-refractivity contribution < 1.29 is 9.52 Å². The number of phenols is 1. The Hall–Kier alpha value is -2.11. The third-order valence-corrected chi connectivity index (χ3v) is 4.72. The number of thiophene rings is 1. The van der Waals surface area contributed by atoms with Gasteiger partial charge >= 0.3 is 5.63 Å². The van der Waals surface area contributed by atoms with Crippen molar-refractivity contribution in [3.05, 3.63) is 62.1 Å². The van der Waals surface area contributed by atoms with Crippen molar-refractivity contribution in [2.75, 3.05) is 7.05 Å². The van der Waals surface area contributed by atoms with E-state index in [0.29, 0.717) is 12.1 Å². The van der Waals surface area contributed by atoms with Gasteiger partial charge in [-0.15, -0.1) is 11.3 Å². The minimum absolute atomic E-state index is 0.173. The quantitative estimate of drug-likeness (QED) is 0.724. The molecule has 2 aromatic heterocycles. The van der Waals surface area contributed by atoms with Crippen LogP contribution in [0.2, 0.25) is 0 Å². The molecule has 4 nitrogen and oxygen atoms in total. The van der Waals surface area contributed by atoms with E-state index < -0.39 is 0 Å². The van der Waals surface area contributed by atoms with Crippen molar-refractivity contribution in [2.24, 2.45) is 0 Å². The zero-order chi connectivity index (χ0) is 16.4. The molecule has 0 bridgehead atoms. The van der Waals surface area contributed by atoms with Crippen LogP contribution in [0.4, 0.5) is 0 Å². The summed E-state index contributed by atoms with van der Waals surface area (Å²) in [5, 5.41) is 12.9. The topological polar surface area (TPSA) is 53.7 Å². The van der Waals surface area contributed by atoms with Gasteiger partial charge in [0.2, 0.25) is 0 Å². The van der Waals surface area contributed by atoms with Crippen molar-refractivity contribution in [1.82, 2.24) is 4.90 Å². The van der Waals surface area contributed by atoms with Gasteiger partial charge in [-0.2, -0.15) is 0 Å². The standard InChI is InChI=1S/C18H19NO3S/c1-3-12-7-15-13(8-18(21)22-17(15)9-16(12)20)10-19(2)11-14-5-4-6-23-14/h4-9,20H,3,10-11H2,1-2H3. The molecule has 0 aliphatic rings. The molecule has 0 aliphatic carbocycles. The Bertz CT molecular complexity index is 868. The van der Waals surface area contributed by atoms with E-state index in [1.54, 1.807) is 23.5 Å². The molecular weight excluding hydrogens is 310 g/mol. The largest absolute Gasteiger partial charge is 0.508 e. The van der Waals surface area contributed by atoms with Crippen LogP contribution >= 0.6 is 11.3 Å². The van der Waals surface area contributed by atoms with Crippen LogP contribution in [0.1, 0.15) is 22.9 Å². The lowest BCUT2D eigenvalue weighted by Crippen LogP contribution is -2.18. The normalized spacial score (nSPS) is 11.4. The Kier molecular flexibility index (Phi) is 4.50. The van der Waals surface area contributed by atoms with E-state index in [0.717, 1.165) is 29.5 Å². The van der Waals surface area contributed by atoms with E-state index in [2.05, 4.69) is 16.3 Å². The summed E-state index contributed by atoms with van der Waals surface area (Å²) in [5.41, 5.74) is 1.82. The van der Waals surface area contributed by atoms with Crippen LogP contribution < -0.4 is 5.63 Å². The second-order valence-electron chi connectivity index (χ2n) is 5.67. The molecule has 0 unspecified atom stereocenters. The summed E-state index contributed by atoms with van der Waals surface area (Å²) in [4.78, 5) is 15.3. The van der Waals surface area contributed by atoms with E-state index >= 15 is 0 Å². The molecule has 23 heavy (non-hydrogen) atoms. The molecule has 1 aromatic carbocycles. The Morgan fingerprint density at radius 1 is 1.22 bits per heavy atom. The van der Waals surface area contributed by atoms with Gasteiger partial charge in [-0.1, -0.05) is 13.0 Å². The van der Waals surface area contributed by atoms with Crippen molar-refractivity contribution in [1.29, 1.82) is 0 Å². The fourth-order valence-corrected chi connectivity index (χ4v) is 3.52. The first-order valence-electron chi connectivity index (χ1n) is 7.56. The van der Waals surface area contributed by atoms with Crippen molar-refractivity contribution in [2.45, 2.75) is 26.4 Å². The molecule has 0 atom stereocenters. The number of hydrogen-bond donors (Lipinski definition) is 1. The lowest BCUT2D eigenvalue weighted by atomic mass is 10.0. The van der Waals surface area contributed by atoms with E-state index in [4.69, 9.17) is 4.42 Å². The highest BCUT2D eigenvalue weighted by Gasteiger charge is 2.12. The summed E-state index contributed by atoms with van der Waals surface area (Å²) in [5.74, 6) is 0.173. The van der Waals surface area contributed by atoms with Crippen LogP contribution in [0.15, 0.2) is 44.9 Å². The second-order valence-corrected chi connectivity index (χ2v) is 6.71. The zero-order valence-electron chi connectivity index (χ0n) is 13.2. The first-order chi connectivity index (χ1) is 11.1. The SMILES string of the molecule is CCc1cc2c(CN(C)Cc3cccs3)cc(=O)oc2cc1O. The van der Waals surface area contributed by atoms with Gasteiger partial charge in [-0.05, 0) is 42.1 Å².